The Hall–Kier alpha value is -1.40. The molecule has 3 N–H and O–H groups in total. The number of carbonyl (C=O) groups is 1. The van der Waals surface area contributed by atoms with E-state index < -0.39 is 10.0 Å². The van der Waals surface area contributed by atoms with Crippen molar-refractivity contribution in [2.75, 3.05) is 5.32 Å². The molecular formula is C15H22N2O3S. The fourth-order valence-electron chi connectivity index (χ4n) is 2.79. The first-order valence-electron chi connectivity index (χ1n) is 7.17. The average molecular weight is 310 g/mol. The maximum atomic E-state index is 12.5. The van der Waals surface area contributed by atoms with Gasteiger partial charge in [-0.3, -0.25) is 4.79 Å². The molecule has 116 valence electrons. The van der Waals surface area contributed by atoms with Crippen LogP contribution >= 0.6 is 0 Å². The molecule has 1 saturated carbocycles. The minimum Gasteiger partial charge on any atom is -0.325 e. The average Bonchev–Trinajstić information content (AvgIpc) is 2.40. The largest absolute Gasteiger partial charge is 0.325 e. The van der Waals surface area contributed by atoms with E-state index in [1.165, 1.54) is 18.6 Å². The molecule has 1 aromatic rings. The molecule has 0 radical (unpaired) electrons. The molecule has 0 aliphatic heterocycles. The number of nitrogens with two attached hydrogens (primary N) is 1. The van der Waals surface area contributed by atoms with Crippen molar-refractivity contribution in [2.24, 2.45) is 10.6 Å². The summed E-state index contributed by atoms with van der Waals surface area (Å²) in [7, 11) is -3.72. The highest BCUT2D eigenvalue weighted by Gasteiger charge is 2.34. The van der Waals surface area contributed by atoms with E-state index in [2.05, 4.69) is 5.32 Å². The lowest BCUT2D eigenvalue weighted by Gasteiger charge is -2.32. The number of carbonyl (C=O) groups excluding carboxylic acids is 1. The molecule has 0 bridgehead atoms. The van der Waals surface area contributed by atoms with Gasteiger partial charge >= 0.3 is 0 Å². The van der Waals surface area contributed by atoms with Gasteiger partial charge in [0.25, 0.3) is 0 Å². The summed E-state index contributed by atoms with van der Waals surface area (Å²) >= 11 is 0. The van der Waals surface area contributed by atoms with E-state index in [1.54, 1.807) is 13.0 Å². The van der Waals surface area contributed by atoms with Crippen molar-refractivity contribution in [3.63, 3.8) is 0 Å². The summed E-state index contributed by atoms with van der Waals surface area (Å²) in [5.74, 6) is 0.00801. The number of aryl methyl sites for hydroxylation is 1. The van der Waals surface area contributed by atoms with Crippen LogP contribution in [0.25, 0.3) is 0 Å². The molecule has 1 aromatic carbocycles. The molecular weight excluding hydrogens is 288 g/mol. The molecule has 6 heteroatoms. The topological polar surface area (TPSA) is 89.3 Å². The fraction of sp³-hybridized carbons (Fsp3) is 0.533. The van der Waals surface area contributed by atoms with Gasteiger partial charge < -0.3 is 5.32 Å². The van der Waals surface area contributed by atoms with Crippen LogP contribution < -0.4 is 10.5 Å². The maximum absolute atomic E-state index is 12.5. The van der Waals surface area contributed by atoms with E-state index in [0.29, 0.717) is 11.3 Å². The van der Waals surface area contributed by atoms with E-state index >= 15 is 0 Å². The molecule has 21 heavy (non-hydrogen) atoms. The van der Waals surface area contributed by atoms with Gasteiger partial charge in [0.2, 0.25) is 15.9 Å². The van der Waals surface area contributed by atoms with Gasteiger partial charge in [-0.1, -0.05) is 26.2 Å². The van der Waals surface area contributed by atoms with E-state index in [0.717, 1.165) is 25.7 Å². The number of anilines is 1. The van der Waals surface area contributed by atoms with Crippen LogP contribution in [-0.2, 0) is 14.8 Å². The fourth-order valence-corrected chi connectivity index (χ4v) is 3.38. The van der Waals surface area contributed by atoms with Crippen molar-refractivity contribution in [3.05, 3.63) is 23.8 Å². The Morgan fingerprint density at radius 3 is 2.38 bits per heavy atom. The number of hydrogen-bond acceptors (Lipinski definition) is 3. The van der Waals surface area contributed by atoms with Gasteiger partial charge in [0.05, 0.1) is 4.90 Å². The number of benzene rings is 1. The zero-order valence-electron chi connectivity index (χ0n) is 12.5. The molecule has 5 nitrogen and oxygen atoms in total. The SMILES string of the molecule is Cc1cc(S(N)(=O)=O)ccc1NC(=O)C1(C)CCCCC1. The Bertz CT molecular complexity index is 647. The minimum absolute atomic E-state index is 0.00801. The first kappa shape index (κ1) is 16.0. The molecule has 0 atom stereocenters. The van der Waals surface area contributed by atoms with Gasteiger partial charge in [-0.2, -0.15) is 0 Å². The number of sulfonamides is 1. The van der Waals surface area contributed by atoms with Crippen LogP contribution in [0.2, 0.25) is 0 Å². The summed E-state index contributed by atoms with van der Waals surface area (Å²) in [6.45, 7) is 3.75. The predicted octanol–water partition coefficient (Wildman–Crippen LogP) is 2.55. The van der Waals surface area contributed by atoms with Crippen LogP contribution in [0, 0.1) is 12.3 Å². The van der Waals surface area contributed by atoms with Crippen LogP contribution in [0.5, 0.6) is 0 Å². The van der Waals surface area contributed by atoms with E-state index in [-0.39, 0.29) is 16.2 Å². The summed E-state index contributed by atoms with van der Waals surface area (Å²) in [6, 6.07) is 4.49. The van der Waals surface area contributed by atoms with Crippen molar-refractivity contribution in [3.8, 4) is 0 Å². The highest BCUT2D eigenvalue weighted by molar-refractivity contribution is 7.89. The van der Waals surface area contributed by atoms with Crippen LogP contribution in [0.1, 0.15) is 44.6 Å². The first-order valence-corrected chi connectivity index (χ1v) is 8.72. The van der Waals surface area contributed by atoms with Gasteiger partial charge in [0.1, 0.15) is 0 Å². The Morgan fingerprint density at radius 2 is 1.86 bits per heavy atom. The Kier molecular flexibility index (Phi) is 4.39. The van der Waals surface area contributed by atoms with Gasteiger partial charge in [0.15, 0.2) is 0 Å². The number of nitrogens with one attached hydrogen (secondary N) is 1. The molecule has 0 heterocycles. The third-order valence-corrected chi connectivity index (χ3v) is 5.19. The number of amides is 1. The first-order chi connectivity index (χ1) is 9.72. The highest BCUT2D eigenvalue weighted by atomic mass is 32.2. The maximum Gasteiger partial charge on any atom is 0.238 e. The summed E-state index contributed by atoms with van der Waals surface area (Å²) in [4.78, 5) is 12.5. The minimum atomic E-state index is -3.72. The van der Waals surface area contributed by atoms with Crippen LogP contribution in [0.4, 0.5) is 5.69 Å². The molecule has 2 rings (SSSR count). The second-order valence-electron chi connectivity index (χ2n) is 6.10. The molecule has 1 aliphatic carbocycles. The number of rotatable bonds is 3. The van der Waals surface area contributed by atoms with Gasteiger partial charge in [0, 0.05) is 11.1 Å². The van der Waals surface area contributed by atoms with Crippen molar-refractivity contribution in [2.45, 2.75) is 50.8 Å². The molecule has 1 amide bonds. The number of primary sulfonamides is 1. The van der Waals surface area contributed by atoms with Crippen LogP contribution in [0.15, 0.2) is 23.1 Å². The third kappa shape index (κ3) is 3.63. The second kappa shape index (κ2) is 5.77. The smallest absolute Gasteiger partial charge is 0.238 e. The van der Waals surface area contributed by atoms with Crippen molar-refractivity contribution in [1.82, 2.24) is 0 Å². The standard InChI is InChI=1S/C15H22N2O3S/c1-11-10-12(21(16,19)20)6-7-13(11)17-14(18)15(2)8-4-3-5-9-15/h6-7,10H,3-5,8-9H2,1-2H3,(H,17,18)(H2,16,19,20). The van der Waals surface area contributed by atoms with Gasteiger partial charge in [-0.25, -0.2) is 13.6 Å². The summed E-state index contributed by atoms with van der Waals surface area (Å²) < 4.78 is 22.6. The van der Waals surface area contributed by atoms with Gasteiger partial charge in [-0.05, 0) is 43.5 Å². The van der Waals surface area contributed by atoms with Crippen molar-refractivity contribution >= 4 is 21.6 Å². The van der Waals surface area contributed by atoms with Crippen LogP contribution in [0.3, 0.4) is 0 Å². The lowest BCUT2D eigenvalue weighted by molar-refractivity contribution is -0.126. The Labute approximate surface area is 126 Å². The van der Waals surface area contributed by atoms with Crippen LogP contribution in [-0.4, -0.2) is 14.3 Å². The lowest BCUT2D eigenvalue weighted by atomic mass is 9.75. The lowest BCUT2D eigenvalue weighted by Crippen LogP contribution is -2.35. The van der Waals surface area contributed by atoms with Crippen molar-refractivity contribution < 1.29 is 13.2 Å². The van der Waals surface area contributed by atoms with E-state index in [9.17, 15) is 13.2 Å². The van der Waals surface area contributed by atoms with Gasteiger partial charge in [-0.15, -0.1) is 0 Å². The Balaban J connectivity index is 2.18. The zero-order chi connectivity index (χ0) is 15.7. The second-order valence-corrected chi connectivity index (χ2v) is 7.66. The molecule has 0 aromatic heterocycles. The summed E-state index contributed by atoms with van der Waals surface area (Å²) in [6.07, 6.45) is 5.13. The Morgan fingerprint density at radius 1 is 1.24 bits per heavy atom. The quantitative estimate of drug-likeness (QED) is 0.899. The summed E-state index contributed by atoms with van der Waals surface area (Å²) in [5, 5.41) is 8.02. The normalized spacial score (nSPS) is 18.2. The van der Waals surface area contributed by atoms with E-state index in [1.807, 2.05) is 6.92 Å². The zero-order valence-corrected chi connectivity index (χ0v) is 13.3. The molecule has 0 spiro atoms. The number of hydrogen-bond donors (Lipinski definition) is 2. The predicted molar refractivity (Wildman–Crippen MR) is 82.4 cm³/mol. The monoisotopic (exact) mass is 310 g/mol. The molecule has 0 unspecified atom stereocenters. The third-order valence-electron chi connectivity index (χ3n) is 4.28. The van der Waals surface area contributed by atoms with Crippen molar-refractivity contribution in [1.29, 1.82) is 0 Å². The summed E-state index contributed by atoms with van der Waals surface area (Å²) in [5.41, 5.74) is 0.997. The molecule has 1 aliphatic rings. The molecule has 0 saturated heterocycles. The van der Waals surface area contributed by atoms with E-state index in [4.69, 9.17) is 5.14 Å². The molecule has 1 fully saturated rings. The highest BCUT2D eigenvalue weighted by Crippen LogP contribution is 2.37.